The Kier molecular flexibility index (Phi) is 7.96. The van der Waals surface area contributed by atoms with Crippen LogP contribution in [-0.4, -0.2) is 46.1 Å². The second-order valence-electron chi connectivity index (χ2n) is 9.25. The lowest BCUT2D eigenvalue weighted by Gasteiger charge is -2.28. The summed E-state index contributed by atoms with van der Waals surface area (Å²) in [7, 11) is 0. The van der Waals surface area contributed by atoms with E-state index in [4.69, 9.17) is 10.5 Å². The van der Waals surface area contributed by atoms with Crippen molar-refractivity contribution in [3.05, 3.63) is 70.6 Å². The molecule has 2 aromatic heterocycles. The van der Waals surface area contributed by atoms with Gasteiger partial charge in [-0.2, -0.15) is 0 Å². The maximum atomic E-state index is 14.2. The number of anilines is 4. The van der Waals surface area contributed by atoms with Crippen LogP contribution in [0.15, 0.2) is 48.8 Å². The van der Waals surface area contributed by atoms with Gasteiger partial charge >= 0.3 is 6.03 Å². The van der Waals surface area contributed by atoms with E-state index in [0.717, 1.165) is 5.56 Å². The van der Waals surface area contributed by atoms with Gasteiger partial charge in [-0.25, -0.2) is 24.1 Å². The van der Waals surface area contributed by atoms with Crippen LogP contribution in [0.25, 0.3) is 10.2 Å². The third-order valence-corrected chi connectivity index (χ3v) is 8.10. The number of amides is 3. The number of halogens is 2. The number of urea groups is 1. The van der Waals surface area contributed by atoms with Gasteiger partial charge in [-0.15, -0.1) is 11.3 Å². The second-order valence-corrected chi connectivity index (χ2v) is 11.0. The molecule has 39 heavy (non-hydrogen) atoms. The molecule has 0 unspecified atom stereocenters. The molecule has 202 valence electrons. The number of rotatable bonds is 9. The number of nitrogens with two attached hydrogens (primary N) is 1. The molecule has 0 saturated heterocycles. The van der Waals surface area contributed by atoms with Gasteiger partial charge in [0.1, 0.15) is 21.9 Å². The molecule has 1 aliphatic rings. The number of alkyl halides is 1. The second kappa shape index (κ2) is 11.4. The lowest BCUT2D eigenvalue weighted by molar-refractivity contribution is 0.0471. The van der Waals surface area contributed by atoms with Crippen LogP contribution < -0.4 is 16.0 Å². The van der Waals surface area contributed by atoms with Crippen molar-refractivity contribution in [1.29, 1.82) is 0 Å². The van der Waals surface area contributed by atoms with E-state index in [1.165, 1.54) is 34.7 Å². The van der Waals surface area contributed by atoms with Gasteiger partial charge in [0.25, 0.3) is 5.91 Å². The molecule has 0 spiro atoms. The summed E-state index contributed by atoms with van der Waals surface area (Å²) in [6, 6.07) is 11.3. The van der Waals surface area contributed by atoms with Crippen molar-refractivity contribution in [2.45, 2.75) is 30.9 Å². The van der Waals surface area contributed by atoms with E-state index in [2.05, 4.69) is 37.9 Å². The van der Waals surface area contributed by atoms with Crippen LogP contribution in [0.4, 0.5) is 32.1 Å². The smallest absolute Gasteiger partial charge is 0.332 e. The highest BCUT2D eigenvalue weighted by Crippen LogP contribution is 2.45. The zero-order valence-corrected chi connectivity index (χ0v) is 24.3. The van der Waals surface area contributed by atoms with Crippen molar-refractivity contribution in [3.8, 4) is 0 Å². The molecule has 5 rings (SSSR count). The van der Waals surface area contributed by atoms with Gasteiger partial charge in [0.05, 0.1) is 29.5 Å². The van der Waals surface area contributed by atoms with E-state index < -0.39 is 6.03 Å². The number of hydrogen-bond acceptors (Lipinski definition) is 7. The van der Waals surface area contributed by atoms with Gasteiger partial charge in [-0.3, -0.25) is 4.79 Å². The standard InChI is InChI=1S/C27H26FIN6O3S/c1-15(2)38-10-9-34(13-16-3-5-18(30)6-4-16)26(36)23-22-21-24(31-14-32-25(21)39-23)35(27(37)33-22)19-7-8-20(28)17(11-19)12-29/h3-8,11,14-15H,9-10,12-13,30H2,1-2H3,(H,33,37). The fraction of sp³-hybridized carbons (Fsp3) is 0.259. The van der Waals surface area contributed by atoms with Crippen LogP contribution >= 0.6 is 33.9 Å². The molecule has 1 aliphatic heterocycles. The van der Waals surface area contributed by atoms with E-state index in [1.54, 1.807) is 23.1 Å². The van der Waals surface area contributed by atoms with Crippen LogP contribution in [0.3, 0.4) is 0 Å². The van der Waals surface area contributed by atoms with Crippen LogP contribution in [-0.2, 0) is 15.7 Å². The summed E-state index contributed by atoms with van der Waals surface area (Å²) < 4.78 is 20.3. The number of nitrogens with zero attached hydrogens (tertiary/aromatic N) is 4. The van der Waals surface area contributed by atoms with Crippen LogP contribution in [0, 0.1) is 5.82 Å². The Morgan fingerprint density at radius 2 is 2.00 bits per heavy atom. The molecule has 0 radical (unpaired) electrons. The fourth-order valence-electron chi connectivity index (χ4n) is 4.30. The zero-order valence-electron chi connectivity index (χ0n) is 21.3. The number of ether oxygens (including phenoxy) is 1. The summed E-state index contributed by atoms with van der Waals surface area (Å²) in [5, 5.41) is 3.45. The summed E-state index contributed by atoms with van der Waals surface area (Å²) in [5.41, 5.74) is 8.71. The number of nitrogen functional groups attached to an aromatic ring is 1. The first-order chi connectivity index (χ1) is 18.8. The van der Waals surface area contributed by atoms with Gasteiger partial charge < -0.3 is 20.7 Å². The average molecular weight is 661 g/mol. The molecule has 2 aromatic carbocycles. The Balaban J connectivity index is 1.54. The molecule has 0 bridgehead atoms. The van der Waals surface area contributed by atoms with Gasteiger partial charge in [-0.1, -0.05) is 34.7 Å². The number of aromatic nitrogens is 2. The van der Waals surface area contributed by atoms with Crippen molar-refractivity contribution < 1.29 is 18.7 Å². The molecule has 0 atom stereocenters. The first-order valence-electron chi connectivity index (χ1n) is 12.2. The predicted octanol–water partition coefficient (Wildman–Crippen LogP) is 6.10. The highest BCUT2D eigenvalue weighted by atomic mass is 127. The minimum atomic E-state index is -0.491. The molecule has 3 heterocycles. The van der Waals surface area contributed by atoms with E-state index in [9.17, 15) is 14.0 Å². The van der Waals surface area contributed by atoms with Crippen LogP contribution in [0.1, 0.15) is 34.6 Å². The minimum absolute atomic E-state index is 0.0197. The number of hydrogen-bond donors (Lipinski definition) is 2. The summed E-state index contributed by atoms with van der Waals surface area (Å²) in [6.45, 7) is 4.92. The molecule has 12 heteroatoms. The van der Waals surface area contributed by atoms with E-state index in [-0.39, 0.29) is 17.8 Å². The Hall–Kier alpha value is -3.36. The van der Waals surface area contributed by atoms with Crippen molar-refractivity contribution in [3.63, 3.8) is 0 Å². The largest absolute Gasteiger partial charge is 0.399 e. The van der Waals surface area contributed by atoms with Gasteiger partial charge in [0.15, 0.2) is 5.82 Å². The number of thiophene rings is 1. The number of benzene rings is 2. The van der Waals surface area contributed by atoms with Crippen molar-refractivity contribution in [2.24, 2.45) is 0 Å². The number of carbonyl (C=O) groups excluding carboxylic acids is 2. The highest BCUT2D eigenvalue weighted by Gasteiger charge is 2.35. The SMILES string of the molecule is CC(C)OCCN(Cc1ccc(N)cc1)C(=O)c1sc2ncnc3c2c1NC(=O)N3c1ccc(F)c(CI)c1. The molecule has 0 fully saturated rings. The molecule has 3 N–H and O–H groups in total. The van der Waals surface area contributed by atoms with Crippen molar-refractivity contribution in [1.82, 2.24) is 14.9 Å². The average Bonchev–Trinajstić information content (AvgIpc) is 3.28. The molecule has 0 aliphatic carbocycles. The number of nitrogens with one attached hydrogen (secondary N) is 1. The molecule has 4 aromatic rings. The van der Waals surface area contributed by atoms with Gasteiger partial charge in [0, 0.05) is 23.2 Å². The van der Waals surface area contributed by atoms with Crippen molar-refractivity contribution >= 4 is 79.0 Å². The van der Waals surface area contributed by atoms with E-state index in [0.29, 0.717) is 67.7 Å². The molecule has 3 amide bonds. The topological polar surface area (TPSA) is 114 Å². The molecular weight excluding hydrogens is 634 g/mol. The maximum Gasteiger partial charge on any atom is 0.332 e. The first-order valence-corrected chi connectivity index (χ1v) is 14.6. The lowest BCUT2D eigenvalue weighted by atomic mass is 10.1. The molecular formula is C27H26FIN6O3S. The van der Waals surface area contributed by atoms with Gasteiger partial charge in [0.2, 0.25) is 0 Å². The van der Waals surface area contributed by atoms with Crippen LogP contribution in [0.5, 0.6) is 0 Å². The summed E-state index contributed by atoms with van der Waals surface area (Å²) >= 11 is 3.27. The first kappa shape index (κ1) is 27.2. The maximum absolute atomic E-state index is 14.2. The summed E-state index contributed by atoms with van der Waals surface area (Å²) in [5.74, 6) is -0.260. The number of carbonyl (C=O) groups is 2. The Bertz CT molecular complexity index is 1540. The van der Waals surface area contributed by atoms with Crippen LogP contribution in [0.2, 0.25) is 0 Å². The normalized spacial score (nSPS) is 12.7. The monoisotopic (exact) mass is 660 g/mol. The quantitative estimate of drug-likeness (QED) is 0.128. The fourth-order valence-corrected chi connectivity index (χ4v) is 5.94. The third kappa shape index (κ3) is 5.54. The Morgan fingerprint density at radius 1 is 1.23 bits per heavy atom. The van der Waals surface area contributed by atoms with E-state index >= 15 is 0 Å². The summed E-state index contributed by atoms with van der Waals surface area (Å²) in [4.78, 5) is 40.1. The third-order valence-electron chi connectivity index (χ3n) is 6.19. The minimum Gasteiger partial charge on any atom is -0.399 e. The molecule has 9 nitrogen and oxygen atoms in total. The van der Waals surface area contributed by atoms with Gasteiger partial charge in [-0.05, 0) is 55.3 Å². The lowest BCUT2D eigenvalue weighted by Crippen LogP contribution is -2.37. The molecule has 0 saturated carbocycles. The Labute approximate surface area is 242 Å². The summed E-state index contributed by atoms with van der Waals surface area (Å²) in [6.07, 6.45) is 1.38. The predicted molar refractivity (Wildman–Crippen MR) is 159 cm³/mol. The zero-order chi connectivity index (χ0) is 27.7. The highest BCUT2D eigenvalue weighted by molar-refractivity contribution is 14.1. The van der Waals surface area contributed by atoms with Crippen molar-refractivity contribution in [2.75, 3.05) is 29.1 Å². The Morgan fingerprint density at radius 3 is 2.72 bits per heavy atom. The van der Waals surface area contributed by atoms with E-state index in [1.807, 2.05) is 26.0 Å².